The maximum atomic E-state index is 9.42. The predicted molar refractivity (Wildman–Crippen MR) is 77.5 cm³/mol. The van der Waals surface area contributed by atoms with Crippen LogP contribution >= 0.6 is 11.6 Å². The molecule has 4 heteroatoms. The van der Waals surface area contributed by atoms with Crippen molar-refractivity contribution in [3.05, 3.63) is 58.6 Å². The number of phenolic OH excluding ortho intramolecular Hbond substituents is 1. The van der Waals surface area contributed by atoms with Gasteiger partial charge in [-0.3, -0.25) is 0 Å². The number of phenols is 1. The Morgan fingerprint density at radius 1 is 1.16 bits per heavy atom. The van der Waals surface area contributed by atoms with E-state index in [-0.39, 0.29) is 17.8 Å². The molecule has 0 radical (unpaired) electrons. The van der Waals surface area contributed by atoms with Gasteiger partial charge in [-0.25, -0.2) is 0 Å². The van der Waals surface area contributed by atoms with E-state index < -0.39 is 0 Å². The third kappa shape index (κ3) is 2.27. The van der Waals surface area contributed by atoms with Crippen molar-refractivity contribution < 1.29 is 5.11 Å². The molecule has 0 fully saturated rings. The fourth-order valence-electron chi connectivity index (χ4n) is 2.61. The lowest BCUT2D eigenvalue weighted by atomic mass is 10.1. The lowest BCUT2D eigenvalue weighted by Gasteiger charge is -2.16. The molecule has 19 heavy (non-hydrogen) atoms. The molecule has 2 unspecified atom stereocenters. The third-order valence-corrected chi connectivity index (χ3v) is 3.85. The number of anilines is 1. The Labute approximate surface area is 117 Å². The monoisotopic (exact) mass is 274 g/mol. The number of rotatable bonds is 2. The van der Waals surface area contributed by atoms with Crippen LogP contribution in [0.1, 0.15) is 29.6 Å². The van der Waals surface area contributed by atoms with Gasteiger partial charge in [-0.05, 0) is 35.7 Å². The molecule has 2 atom stereocenters. The number of aromatic hydroxyl groups is 1. The number of fused-ring (bicyclic) bond motifs is 1. The number of benzene rings is 2. The Bertz CT molecular complexity index is 615. The summed E-state index contributed by atoms with van der Waals surface area (Å²) in [5, 5.41) is 13.2. The van der Waals surface area contributed by atoms with Crippen LogP contribution in [0.4, 0.5) is 5.69 Å². The van der Waals surface area contributed by atoms with Gasteiger partial charge in [-0.1, -0.05) is 35.9 Å². The van der Waals surface area contributed by atoms with Gasteiger partial charge in [0.05, 0.1) is 11.1 Å². The van der Waals surface area contributed by atoms with Gasteiger partial charge in [-0.2, -0.15) is 0 Å². The topological polar surface area (TPSA) is 58.3 Å². The van der Waals surface area contributed by atoms with E-state index in [2.05, 4.69) is 17.4 Å². The Balaban J connectivity index is 1.87. The smallest absolute Gasteiger partial charge is 0.134 e. The summed E-state index contributed by atoms with van der Waals surface area (Å²) in [6.45, 7) is 0. The Morgan fingerprint density at radius 3 is 2.63 bits per heavy atom. The molecular weight excluding hydrogens is 260 g/mol. The maximum absolute atomic E-state index is 9.42. The number of halogens is 1. The lowest BCUT2D eigenvalue weighted by Crippen LogP contribution is -2.09. The molecule has 2 aromatic rings. The minimum Gasteiger partial charge on any atom is -0.506 e. The Hall–Kier alpha value is -1.71. The van der Waals surface area contributed by atoms with Crippen molar-refractivity contribution in [1.29, 1.82) is 0 Å². The number of hydrogen-bond acceptors (Lipinski definition) is 3. The summed E-state index contributed by atoms with van der Waals surface area (Å²) in [7, 11) is 0. The van der Waals surface area contributed by atoms with Crippen LogP contribution in [0.3, 0.4) is 0 Å². The summed E-state index contributed by atoms with van der Waals surface area (Å²) in [4.78, 5) is 0. The zero-order valence-corrected chi connectivity index (χ0v) is 11.1. The molecule has 2 aromatic carbocycles. The number of hydrogen-bond donors (Lipinski definition) is 3. The summed E-state index contributed by atoms with van der Waals surface area (Å²) in [6, 6.07) is 13.6. The first-order valence-electron chi connectivity index (χ1n) is 6.24. The molecule has 0 aliphatic heterocycles. The van der Waals surface area contributed by atoms with E-state index in [4.69, 9.17) is 17.3 Å². The first kappa shape index (κ1) is 12.3. The highest BCUT2D eigenvalue weighted by atomic mass is 35.5. The van der Waals surface area contributed by atoms with Gasteiger partial charge in [-0.15, -0.1) is 0 Å². The average Bonchev–Trinajstić information content (AvgIpc) is 2.72. The van der Waals surface area contributed by atoms with Crippen molar-refractivity contribution >= 4 is 17.3 Å². The van der Waals surface area contributed by atoms with E-state index in [0.717, 1.165) is 12.1 Å². The molecule has 1 aliphatic rings. The molecule has 0 heterocycles. The van der Waals surface area contributed by atoms with Crippen LogP contribution in [0.15, 0.2) is 42.5 Å². The van der Waals surface area contributed by atoms with E-state index in [1.807, 2.05) is 18.2 Å². The van der Waals surface area contributed by atoms with Gasteiger partial charge in [0.1, 0.15) is 5.75 Å². The molecule has 1 aliphatic carbocycles. The molecule has 0 aromatic heterocycles. The highest BCUT2D eigenvalue weighted by molar-refractivity contribution is 6.32. The standard InChI is InChI=1S/C15H15ClN2O/c16-12-7-9(5-6-15(12)19)18-14-8-13(17)10-3-1-2-4-11(10)14/h1-7,13-14,18-19H,8,17H2. The van der Waals surface area contributed by atoms with Crippen molar-refractivity contribution in [3.63, 3.8) is 0 Å². The molecule has 98 valence electrons. The van der Waals surface area contributed by atoms with Crippen molar-refractivity contribution in [2.24, 2.45) is 5.73 Å². The van der Waals surface area contributed by atoms with Crippen LogP contribution in [0.25, 0.3) is 0 Å². The van der Waals surface area contributed by atoms with Gasteiger partial charge in [0.2, 0.25) is 0 Å². The first-order chi connectivity index (χ1) is 9.15. The zero-order chi connectivity index (χ0) is 13.4. The molecule has 0 spiro atoms. The second-order valence-electron chi connectivity index (χ2n) is 4.83. The quantitative estimate of drug-likeness (QED) is 0.734. The van der Waals surface area contributed by atoms with Crippen LogP contribution < -0.4 is 11.1 Å². The summed E-state index contributed by atoms with van der Waals surface area (Å²) in [5.74, 6) is 0.0933. The Kier molecular flexibility index (Phi) is 3.09. The molecule has 3 rings (SSSR count). The third-order valence-electron chi connectivity index (χ3n) is 3.55. The molecule has 0 amide bonds. The summed E-state index contributed by atoms with van der Waals surface area (Å²) in [5.41, 5.74) is 9.46. The van der Waals surface area contributed by atoms with Crippen molar-refractivity contribution in [3.8, 4) is 5.75 Å². The second kappa shape index (κ2) is 4.76. The number of nitrogens with one attached hydrogen (secondary N) is 1. The molecule has 3 nitrogen and oxygen atoms in total. The summed E-state index contributed by atoms with van der Waals surface area (Å²) < 4.78 is 0. The van der Waals surface area contributed by atoms with Gasteiger partial charge in [0.15, 0.2) is 0 Å². The van der Waals surface area contributed by atoms with E-state index in [1.54, 1.807) is 12.1 Å². The van der Waals surface area contributed by atoms with Gasteiger partial charge in [0.25, 0.3) is 0 Å². The Morgan fingerprint density at radius 2 is 1.89 bits per heavy atom. The molecular formula is C15H15ClN2O. The van der Waals surface area contributed by atoms with Crippen molar-refractivity contribution in [2.75, 3.05) is 5.32 Å². The van der Waals surface area contributed by atoms with E-state index in [0.29, 0.717) is 5.02 Å². The first-order valence-corrected chi connectivity index (χ1v) is 6.62. The van der Waals surface area contributed by atoms with Gasteiger partial charge < -0.3 is 16.2 Å². The van der Waals surface area contributed by atoms with Crippen LogP contribution in [-0.2, 0) is 0 Å². The van der Waals surface area contributed by atoms with Crippen LogP contribution in [0.2, 0.25) is 5.02 Å². The van der Waals surface area contributed by atoms with Crippen LogP contribution in [0.5, 0.6) is 5.75 Å². The fraction of sp³-hybridized carbons (Fsp3) is 0.200. The highest BCUT2D eigenvalue weighted by Crippen LogP contribution is 2.39. The molecule has 0 saturated carbocycles. The van der Waals surface area contributed by atoms with Crippen molar-refractivity contribution in [1.82, 2.24) is 0 Å². The lowest BCUT2D eigenvalue weighted by molar-refractivity contribution is 0.475. The molecule has 4 N–H and O–H groups in total. The minimum absolute atomic E-state index is 0.0706. The van der Waals surface area contributed by atoms with Gasteiger partial charge in [0, 0.05) is 11.7 Å². The van der Waals surface area contributed by atoms with Gasteiger partial charge >= 0.3 is 0 Å². The normalized spacial score (nSPS) is 21.2. The fourth-order valence-corrected chi connectivity index (χ4v) is 2.79. The van der Waals surface area contributed by atoms with E-state index >= 15 is 0 Å². The number of nitrogens with two attached hydrogens (primary N) is 1. The van der Waals surface area contributed by atoms with E-state index in [1.165, 1.54) is 11.1 Å². The van der Waals surface area contributed by atoms with E-state index in [9.17, 15) is 5.11 Å². The summed E-state index contributed by atoms with van der Waals surface area (Å²) >= 11 is 5.91. The minimum atomic E-state index is 0.0706. The predicted octanol–water partition coefficient (Wildman–Crippen LogP) is 3.60. The molecule has 0 saturated heterocycles. The summed E-state index contributed by atoms with van der Waals surface area (Å²) in [6.07, 6.45) is 0.859. The van der Waals surface area contributed by atoms with Crippen molar-refractivity contribution in [2.45, 2.75) is 18.5 Å². The largest absolute Gasteiger partial charge is 0.506 e. The molecule has 0 bridgehead atoms. The second-order valence-corrected chi connectivity index (χ2v) is 5.24. The zero-order valence-electron chi connectivity index (χ0n) is 10.3. The van der Waals surface area contributed by atoms with Crippen LogP contribution in [0, 0.1) is 0 Å². The SMILES string of the molecule is NC1CC(Nc2ccc(O)c(Cl)c2)c2ccccc21. The maximum Gasteiger partial charge on any atom is 0.134 e. The van der Waals surface area contributed by atoms with Crippen LogP contribution in [-0.4, -0.2) is 5.11 Å². The average molecular weight is 275 g/mol. The highest BCUT2D eigenvalue weighted by Gasteiger charge is 2.27.